The molecular formula is C20H23N5O. The number of hydrogen-bond donors (Lipinski definition) is 0. The van der Waals surface area contributed by atoms with E-state index in [1.807, 2.05) is 68.4 Å². The number of amides is 1. The zero-order chi connectivity index (χ0) is 18.6. The molecule has 0 fully saturated rings. The Morgan fingerprint density at radius 3 is 2.54 bits per heavy atom. The van der Waals surface area contributed by atoms with Gasteiger partial charge in [0, 0.05) is 31.2 Å². The van der Waals surface area contributed by atoms with Crippen LogP contribution in [0.2, 0.25) is 0 Å². The van der Waals surface area contributed by atoms with Crippen molar-refractivity contribution in [1.82, 2.24) is 19.3 Å². The van der Waals surface area contributed by atoms with E-state index in [4.69, 9.17) is 0 Å². The fourth-order valence-corrected chi connectivity index (χ4v) is 3.43. The molecular weight excluding hydrogens is 326 g/mol. The summed E-state index contributed by atoms with van der Waals surface area (Å²) in [6.07, 6.45) is 5.71. The standard InChI is InChI=1S/C20H23N5O/c1-13(2)16-11-24(12-21-16)14-6-7-15-17(10-14)25(19(26)20(15,3)4)18-8-9-23(5)22-18/h6-13H,1-5H3. The number of hydrogen-bond acceptors (Lipinski definition) is 3. The Labute approximate surface area is 153 Å². The SMILES string of the molecule is CC(C)c1cn(-c2ccc3c(c2)N(c2ccn(C)n2)C(=O)C3(C)C)cn1. The maximum absolute atomic E-state index is 13.1. The molecule has 0 saturated carbocycles. The molecule has 134 valence electrons. The number of carbonyl (C=O) groups excluding carboxylic acids is 1. The minimum Gasteiger partial charge on any atom is -0.306 e. The van der Waals surface area contributed by atoms with Crippen molar-refractivity contribution in [2.75, 3.05) is 4.90 Å². The molecule has 1 amide bonds. The van der Waals surface area contributed by atoms with Gasteiger partial charge in [0.2, 0.25) is 5.91 Å². The van der Waals surface area contributed by atoms with Crippen molar-refractivity contribution in [1.29, 1.82) is 0 Å². The van der Waals surface area contributed by atoms with Crippen LogP contribution in [0.1, 0.15) is 44.9 Å². The number of fused-ring (bicyclic) bond motifs is 1. The molecule has 0 N–H and O–H groups in total. The highest BCUT2D eigenvalue weighted by molar-refractivity contribution is 6.12. The van der Waals surface area contributed by atoms with Gasteiger partial charge in [-0.15, -0.1) is 0 Å². The Balaban J connectivity index is 1.84. The molecule has 0 saturated heterocycles. The summed E-state index contributed by atoms with van der Waals surface area (Å²) in [5, 5.41) is 4.44. The molecule has 2 aromatic heterocycles. The van der Waals surface area contributed by atoms with E-state index in [1.54, 1.807) is 9.58 Å². The van der Waals surface area contributed by atoms with Crippen LogP contribution >= 0.6 is 0 Å². The quantitative estimate of drug-likeness (QED) is 0.725. The molecule has 0 aliphatic carbocycles. The third-order valence-electron chi connectivity index (χ3n) is 5.05. The third kappa shape index (κ3) is 2.36. The fourth-order valence-electron chi connectivity index (χ4n) is 3.43. The number of aryl methyl sites for hydroxylation is 1. The molecule has 1 aliphatic rings. The molecule has 0 bridgehead atoms. The zero-order valence-corrected chi connectivity index (χ0v) is 15.8. The van der Waals surface area contributed by atoms with Gasteiger partial charge in [0.05, 0.1) is 23.1 Å². The van der Waals surface area contributed by atoms with Gasteiger partial charge in [0.25, 0.3) is 0 Å². The molecule has 1 aliphatic heterocycles. The fraction of sp³-hybridized carbons (Fsp3) is 0.350. The lowest BCUT2D eigenvalue weighted by atomic mass is 9.86. The number of carbonyl (C=O) groups is 1. The lowest BCUT2D eigenvalue weighted by molar-refractivity contribution is -0.121. The molecule has 6 heteroatoms. The van der Waals surface area contributed by atoms with Crippen molar-refractivity contribution >= 4 is 17.4 Å². The Bertz CT molecular complexity index is 995. The topological polar surface area (TPSA) is 56.0 Å². The first-order chi connectivity index (χ1) is 12.3. The van der Waals surface area contributed by atoms with E-state index in [2.05, 4.69) is 23.9 Å². The number of anilines is 2. The van der Waals surface area contributed by atoms with Crippen LogP contribution in [0.5, 0.6) is 0 Å². The number of imidazole rings is 1. The monoisotopic (exact) mass is 349 g/mol. The van der Waals surface area contributed by atoms with Crippen LogP contribution in [-0.2, 0) is 17.3 Å². The van der Waals surface area contributed by atoms with Gasteiger partial charge in [-0.3, -0.25) is 14.4 Å². The number of aromatic nitrogens is 4. The second-order valence-corrected chi connectivity index (χ2v) is 7.68. The largest absolute Gasteiger partial charge is 0.306 e. The summed E-state index contributed by atoms with van der Waals surface area (Å²) >= 11 is 0. The normalized spacial score (nSPS) is 15.8. The summed E-state index contributed by atoms with van der Waals surface area (Å²) in [7, 11) is 1.85. The predicted octanol–water partition coefficient (Wildman–Crippen LogP) is 3.69. The van der Waals surface area contributed by atoms with E-state index >= 15 is 0 Å². The molecule has 0 radical (unpaired) electrons. The molecule has 6 nitrogen and oxygen atoms in total. The maximum Gasteiger partial charge on any atom is 0.242 e. The molecule has 0 atom stereocenters. The van der Waals surface area contributed by atoms with E-state index in [9.17, 15) is 4.79 Å². The molecule has 0 spiro atoms. The van der Waals surface area contributed by atoms with Crippen LogP contribution in [0.3, 0.4) is 0 Å². The highest BCUT2D eigenvalue weighted by atomic mass is 16.2. The number of benzene rings is 1. The van der Waals surface area contributed by atoms with Gasteiger partial charge in [0.15, 0.2) is 5.82 Å². The number of nitrogens with zero attached hydrogens (tertiary/aromatic N) is 5. The van der Waals surface area contributed by atoms with E-state index < -0.39 is 5.41 Å². The average molecular weight is 349 g/mol. The lowest BCUT2D eigenvalue weighted by Crippen LogP contribution is -2.33. The van der Waals surface area contributed by atoms with E-state index in [1.165, 1.54) is 0 Å². The van der Waals surface area contributed by atoms with Gasteiger partial charge in [-0.2, -0.15) is 5.10 Å². The molecule has 3 heterocycles. The second kappa shape index (κ2) is 5.56. The summed E-state index contributed by atoms with van der Waals surface area (Å²) < 4.78 is 3.71. The molecule has 1 aromatic carbocycles. The van der Waals surface area contributed by atoms with Crippen molar-refractivity contribution in [3.8, 4) is 5.69 Å². The first-order valence-corrected chi connectivity index (χ1v) is 8.82. The number of rotatable bonds is 3. The van der Waals surface area contributed by atoms with E-state index in [0.717, 1.165) is 22.6 Å². The van der Waals surface area contributed by atoms with Crippen LogP contribution in [0, 0.1) is 0 Å². The van der Waals surface area contributed by atoms with Crippen molar-refractivity contribution in [2.45, 2.75) is 39.0 Å². The summed E-state index contributed by atoms with van der Waals surface area (Å²) in [5.41, 5.74) is 3.35. The van der Waals surface area contributed by atoms with Gasteiger partial charge in [-0.25, -0.2) is 4.98 Å². The predicted molar refractivity (Wildman–Crippen MR) is 101 cm³/mol. The third-order valence-corrected chi connectivity index (χ3v) is 5.05. The first kappa shape index (κ1) is 16.6. The maximum atomic E-state index is 13.1. The highest BCUT2D eigenvalue weighted by Gasteiger charge is 2.45. The highest BCUT2D eigenvalue weighted by Crippen LogP contribution is 2.45. The Hall–Kier alpha value is -2.89. The van der Waals surface area contributed by atoms with Crippen LogP contribution in [-0.4, -0.2) is 25.2 Å². The Kier molecular flexibility index (Phi) is 3.54. The summed E-state index contributed by atoms with van der Waals surface area (Å²) in [5.74, 6) is 1.06. The minimum absolute atomic E-state index is 0.0388. The van der Waals surface area contributed by atoms with Crippen molar-refractivity contribution in [3.63, 3.8) is 0 Å². The molecule has 0 unspecified atom stereocenters. The van der Waals surface area contributed by atoms with Gasteiger partial charge < -0.3 is 4.57 Å². The van der Waals surface area contributed by atoms with Crippen molar-refractivity contribution in [2.24, 2.45) is 7.05 Å². The van der Waals surface area contributed by atoms with Gasteiger partial charge in [0.1, 0.15) is 0 Å². The van der Waals surface area contributed by atoms with Gasteiger partial charge in [-0.05, 0) is 37.5 Å². The molecule has 3 aromatic rings. The first-order valence-electron chi connectivity index (χ1n) is 8.82. The smallest absolute Gasteiger partial charge is 0.242 e. The Morgan fingerprint density at radius 1 is 1.15 bits per heavy atom. The van der Waals surface area contributed by atoms with Crippen molar-refractivity contribution in [3.05, 3.63) is 54.2 Å². The van der Waals surface area contributed by atoms with Crippen LogP contribution < -0.4 is 4.90 Å². The summed E-state index contributed by atoms with van der Waals surface area (Å²) in [4.78, 5) is 19.3. The van der Waals surface area contributed by atoms with Crippen molar-refractivity contribution < 1.29 is 4.79 Å². The summed E-state index contributed by atoms with van der Waals surface area (Å²) in [6, 6.07) is 7.99. The average Bonchev–Trinajstić information content (AvgIpc) is 3.27. The zero-order valence-electron chi connectivity index (χ0n) is 15.8. The molecule has 4 rings (SSSR count). The van der Waals surface area contributed by atoms with Gasteiger partial charge in [-0.1, -0.05) is 19.9 Å². The van der Waals surface area contributed by atoms with E-state index in [0.29, 0.717) is 11.7 Å². The minimum atomic E-state index is -0.580. The van der Waals surface area contributed by atoms with Crippen LogP contribution in [0.15, 0.2) is 43.0 Å². The lowest BCUT2D eigenvalue weighted by Gasteiger charge is -2.18. The molecule has 26 heavy (non-hydrogen) atoms. The van der Waals surface area contributed by atoms with E-state index in [-0.39, 0.29) is 5.91 Å². The van der Waals surface area contributed by atoms with Gasteiger partial charge >= 0.3 is 0 Å². The Morgan fingerprint density at radius 2 is 1.92 bits per heavy atom. The second-order valence-electron chi connectivity index (χ2n) is 7.68. The summed E-state index contributed by atoms with van der Waals surface area (Å²) in [6.45, 7) is 8.18. The van der Waals surface area contributed by atoms with Crippen LogP contribution in [0.25, 0.3) is 5.69 Å². The van der Waals surface area contributed by atoms with Crippen LogP contribution in [0.4, 0.5) is 11.5 Å².